The first kappa shape index (κ1) is 16.2. The maximum atomic E-state index is 12.0. The van der Waals surface area contributed by atoms with Crippen molar-refractivity contribution in [3.63, 3.8) is 0 Å². The Hall–Kier alpha value is -1.69. The van der Waals surface area contributed by atoms with E-state index in [0.717, 1.165) is 29.8 Å². The number of thioether (sulfide) groups is 1. The van der Waals surface area contributed by atoms with Crippen LogP contribution in [0.15, 0.2) is 29.3 Å². The molecule has 0 bridgehead atoms. The minimum absolute atomic E-state index is 0.233. The summed E-state index contributed by atoms with van der Waals surface area (Å²) in [7, 11) is 0. The molecule has 23 heavy (non-hydrogen) atoms. The molecule has 124 valence electrons. The van der Waals surface area contributed by atoms with Crippen LogP contribution in [0.4, 0.5) is 10.5 Å². The first-order valence-electron chi connectivity index (χ1n) is 7.87. The highest BCUT2D eigenvalue weighted by atomic mass is 32.2. The Bertz CT molecular complexity index is 653. The van der Waals surface area contributed by atoms with E-state index >= 15 is 0 Å². The summed E-state index contributed by atoms with van der Waals surface area (Å²) in [5.74, 6) is 1.47. The average Bonchev–Trinajstić information content (AvgIpc) is 3.11. The Kier molecular flexibility index (Phi) is 4.04. The van der Waals surface area contributed by atoms with Gasteiger partial charge in [0, 0.05) is 11.4 Å². The topological polar surface area (TPSA) is 76.7 Å². The van der Waals surface area contributed by atoms with E-state index in [-0.39, 0.29) is 5.54 Å². The van der Waals surface area contributed by atoms with Gasteiger partial charge in [0.2, 0.25) is 0 Å². The van der Waals surface area contributed by atoms with Gasteiger partial charge in [-0.05, 0) is 57.2 Å². The van der Waals surface area contributed by atoms with Crippen LogP contribution in [0.3, 0.4) is 0 Å². The number of amidine groups is 1. The molecule has 1 saturated carbocycles. The predicted octanol–water partition coefficient (Wildman–Crippen LogP) is 3.50. The fraction of sp³-hybridized carbons (Fsp3) is 0.529. The SMILES string of the molecule is CC(C)(C)OC(=O)NC1=NC2(c3cccc(N)c3)C[C@H]2CCS1. The van der Waals surface area contributed by atoms with Crippen molar-refractivity contribution in [3.8, 4) is 0 Å². The summed E-state index contributed by atoms with van der Waals surface area (Å²) in [6.45, 7) is 5.54. The third-order valence-corrected chi connectivity index (χ3v) is 4.98. The van der Waals surface area contributed by atoms with Crippen molar-refractivity contribution in [1.82, 2.24) is 5.32 Å². The highest BCUT2D eigenvalue weighted by Gasteiger charge is 2.56. The van der Waals surface area contributed by atoms with Gasteiger partial charge in [0.15, 0.2) is 5.17 Å². The number of hydrogen-bond donors (Lipinski definition) is 2. The summed E-state index contributed by atoms with van der Waals surface area (Å²) < 4.78 is 5.32. The number of nitrogens with two attached hydrogens (primary N) is 1. The van der Waals surface area contributed by atoms with Gasteiger partial charge in [-0.2, -0.15) is 0 Å². The number of alkyl carbamates (subject to hydrolysis) is 1. The van der Waals surface area contributed by atoms with Gasteiger partial charge in [-0.25, -0.2) is 4.79 Å². The Morgan fingerprint density at radius 1 is 1.48 bits per heavy atom. The first-order chi connectivity index (χ1) is 10.8. The van der Waals surface area contributed by atoms with Crippen LogP contribution in [0.2, 0.25) is 0 Å². The van der Waals surface area contributed by atoms with Gasteiger partial charge in [-0.15, -0.1) is 0 Å². The number of fused-ring (bicyclic) bond motifs is 1. The van der Waals surface area contributed by atoms with Gasteiger partial charge < -0.3 is 10.5 Å². The van der Waals surface area contributed by atoms with Crippen LogP contribution < -0.4 is 11.1 Å². The van der Waals surface area contributed by atoms with Crippen LogP contribution in [0.25, 0.3) is 0 Å². The zero-order chi connectivity index (χ0) is 16.7. The summed E-state index contributed by atoms with van der Waals surface area (Å²) in [4.78, 5) is 16.9. The molecule has 3 rings (SSSR count). The Balaban J connectivity index is 1.81. The number of amides is 1. The van der Waals surface area contributed by atoms with Crippen LogP contribution in [-0.2, 0) is 10.3 Å². The van der Waals surface area contributed by atoms with Crippen molar-refractivity contribution in [1.29, 1.82) is 0 Å². The number of carbonyl (C=O) groups excluding carboxylic acids is 1. The average molecular weight is 333 g/mol. The molecular formula is C17H23N3O2S. The molecule has 3 N–H and O–H groups in total. The van der Waals surface area contributed by atoms with E-state index in [4.69, 9.17) is 15.5 Å². The fourth-order valence-corrected chi connectivity index (χ4v) is 3.97. The third-order valence-electron chi connectivity index (χ3n) is 4.07. The maximum Gasteiger partial charge on any atom is 0.413 e. The molecule has 0 radical (unpaired) electrons. The number of aliphatic imine (C=N–C) groups is 1. The second kappa shape index (κ2) is 5.74. The van der Waals surface area contributed by atoms with E-state index in [0.29, 0.717) is 11.1 Å². The minimum Gasteiger partial charge on any atom is -0.444 e. The molecule has 1 fully saturated rings. The van der Waals surface area contributed by atoms with E-state index in [1.165, 1.54) is 0 Å². The molecule has 0 saturated heterocycles. The predicted molar refractivity (Wildman–Crippen MR) is 94.5 cm³/mol. The Morgan fingerprint density at radius 2 is 2.26 bits per heavy atom. The van der Waals surface area contributed by atoms with E-state index in [9.17, 15) is 4.79 Å². The second-order valence-corrected chi connectivity index (χ2v) is 8.22. The minimum atomic E-state index is -0.520. The lowest BCUT2D eigenvalue weighted by atomic mass is 10.0. The summed E-state index contributed by atoms with van der Waals surface area (Å²) in [5.41, 5.74) is 7.05. The van der Waals surface area contributed by atoms with Crippen molar-refractivity contribution >= 4 is 28.7 Å². The van der Waals surface area contributed by atoms with Gasteiger partial charge in [0.05, 0.1) is 5.54 Å². The number of nitrogens with one attached hydrogen (secondary N) is 1. The lowest BCUT2D eigenvalue weighted by molar-refractivity contribution is 0.0564. The fourth-order valence-electron chi connectivity index (χ4n) is 2.99. The number of nitrogen functional groups attached to an aromatic ring is 1. The summed E-state index contributed by atoms with van der Waals surface area (Å²) in [6.07, 6.45) is 1.64. The molecule has 1 heterocycles. The lowest BCUT2D eigenvalue weighted by Crippen LogP contribution is -2.35. The number of benzene rings is 1. The molecule has 1 amide bonds. The number of rotatable bonds is 1. The standard InChI is InChI=1S/C17H23N3O2S/c1-16(2,3)22-15(21)19-14-20-17(10-12(17)7-8-23-14)11-5-4-6-13(18)9-11/h4-6,9,12H,7-8,10,18H2,1-3H3,(H,19,20,21)/t12-,17?/m1/s1. The highest BCUT2D eigenvalue weighted by molar-refractivity contribution is 8.13. The third kappa shape index (κ3) is 3.63. The molecule has 0 spiro atoms. The van der Waals surface area contributed by atoms with Crippen LogP contribution in [-0.4, -0.2) is 22.6 Å². The highest BCUT2D eigenvalue weighted by Crippen LogP contribution is 2.59. The van der Waals surface area contributed by atoms with Crippen molar-refractivity contribution in [2.75, 3.05) is 11.5 Å². The van der Waals surface area contributed by atoms with Gasteiger partial charge in [0.25, 0.3) is 0 Å². The van der Waals surface area contributed by atoms with Crippen LogP contribution >= 0.6 is 11.8 Å². The van der Waals surface area contributed by atoms with E-state index in [2.05, 4.69) is 11.4 Å². The lowest BCUT2D eigenvalue weighted by Gasteiger charge is -2.20. The Morgan fingerprint density at radius 3 is 2.96 bits per heavy atom. The molecule has 1 aromatic rings. The number of anilines is 1. The molecule has 2 atom stereocenters. The molecule has 1 aliphatic heterocycles. The quantitative estimate of drug-likeness (QED) is 0.771. The summed E-state index contributed by atoms with van der Waals surface area (Å²) >= 11 is 1.58. The van der Waals surface area contributed by atoms with Crippen LogP contribution in [0.1, 0.15) is 39.2 Å². The number of nitrogens with zero attached hydrogens (tertiary/aromatic N) is 1. The van der Waals surface area contributed by atoms with E-state index in [1.807, 2.05) is 39.0 Å². The molecule has 5 nitrogen and oxygen atoms in total. The second-order valence-electron chi connectivity index (χ2n) is 7.13. The number of ether oxygens (including phenoxy) is 1. The van der Waals surface area contributed by atoms with Crippen molar-refractivity contribution in [3.05, 3.63) is 29.8 Å². The zero-order valence-electron chi connectivity index (χ0n) is 13.8. The number of carbonyl (C=O) groups is 1. The number of hydrogen-bond acceptors (Lipinski definition) is 5. The maximum absolute atomic E-state index is 12.0. The monoisotopic (exact) mass is 333 g/mol. The summed E-state index contributed by atoms with van der Waals surface area (Å²) in [6, 6.07) is 7.90. The van der Waals surface area contributed by atoms with E-state index in [1.54, 1.807) is 11.8 Å². The van der Waals surface area contributed by atoms with Gasteiger partial charge in [0.1, 0.15) is 5.60 Å². The van der Waals surface area contributed by atoms with Gasteiger partial charge in [-0.1, -0.05) is 23.9 Å². The van der Waals surface area contributed by atoms with Gasteiger partial charge >= 0.3 is 6.09 Å². The van der Waals surface area contributed by atoms with Crippen molar-refractivity contribution < 1.29 is 9.53 Å². The molecule has 1 aliphatic carbocycles. The van der Waals surface area contributed by atoms with Crippen molar-refractivity contribution in [2.45, 2.75) is 44.8 Å². The molecule has 6 heteroatoms. The Labute approximate surface area is 141 Å². The molecule has 0 aromatic heterocycles. The van der Waals surface area contributed by atoms with E-state index < -0.39 is 11.7 Å². The summed E-state index contributed by atoms with van der Waals surface area (Å²) in [5, 5.41) is 3.44. The van der Waals surface area contributed by atoms with Crippen molar-refractivity contribution in [2.24, 2.45) is 10.9 Å². The zero-order valence-corrected chi connectivity index (χ0v) is 14.6. The van der Waals surface area contributed by atoms with Gasteiger partial charge in [-0.3, -0.25) is 10.3 Å². The normalized spacial score (nSPS) is 26.6. The largest absolute Gasteiger partial charge is 0.444 e. The van der Waals surface area contributed by atoms with Crippen LogP contribution in [0.5, 0.6) is 0 Å². The smallest absolute Gasteiger partial charge is 0.413 e. The molecule has 1 unspecified atom stereocenters. The van der Waals surface area contributed by atoms with Crippen LogP contribution in [0, 0.1) is 5.92 Å². The molecule has 2 aliphatic rings. The molecular weight excluding hydrogens is 310 g/mol. The first-order valence-corrected chi connectivity index (χ1v) is 8.86. The molecule has 1 aromatic carbocycles.